The van der Waals surface area contributed by atoms with Crippen LogP contribution < -0.4 is 0 Å². The molecule has 0 atom stereocenters. The van der Waals surface area contributed by atoms with Crippen LogP contribution in [0, 0.1) is 5.92 Å². The maximum atomic E-state index is 10.5. The molecule has 1 heterocycles. The van der Waals surface area contributed by atoms with Gasteiger partial charge in [0.15, 0.2) is 0 Å². The van der Waals surface area contributed by atoms with Crippen molar-refractivity contribution in [2.75, 3.05) is 13.6 Å². The van der Waals surface area contributed by atoms with Gasteiger partial charge in [0.2, 0.25) is 0 Å². The largest absolute Gasteiger partial charge is 0.481 e. The minimum Gasteiger partial charge on any atom is -0.481 e. The summed E-state index contributed by atoms with van der Waals surface area (Å²) in [6.07, 6.45) is 1.69. The van der Waals surface area contributed by atoms with Gasteiger partial charge in [-0.2, -0.15) is 5.10 Å². The molecule has 0 amide bonds. The first-order valence-corrected chi connectivity index (χ1v) is 5.76. The summed E-state index contributed by atoms with van der Waals surface area (Å²) >= 11 is 0. The molecule has 0 radical (unpaired) electrons. The van der Waals surface area contributed by atoms with Gasteiger partial charge < -0.3 is 5.11 Å². The van der Waals surface area contributed by atoms with E-state index in [-0.39, 0.29) is 6.42 Å². The fourth-order valence-corrected chi connectivity index (χ4v) is 1.52. The maximum absolute atomic E-state index is 10.5. The minimum absolute atomic E-state index is 0.148. The first-order valence-electron chi connectivity index (χ1n) is 5.76. The topological polar surface area (TPSA) is 71.2 Å². The van der Waals surface area contributed by atoms with Crippen molar-refractivity contribution >= 4 is 5.97 Å². The molecule has 17 heavy (non-hydrogen) atoms. The van der Waals surface area contributed by atoms with Gasteiger partial charge in [-0.1, -0.05) is 13.8 Å². The molecule has 0 aliphatic heterocycles. The van der Waals surface area contributed by atoms with Crippen LogP contribution in [-0.2, 0) is 17.9 Å². The van der Waals surface area contributed by atoms with Crippen molar-refractivity contribution in [3.63, 3.8) is 0 Å². The predicted molar refractivity (Wildman–Crippen MR) is 63.4 cm³/mol. The van der Waals surface area contributed by atoms with Crippen molar-refractivity contribution in [3.05, 3.63) is 12.2 Å². The number of hydrogen-bond acceptors (Lipinski definition) is 4. The third-order valence-electron chi connectivity index (χ3n) is 2.35. The van der Waals surface area contributed by atoms with E-state index in [2.05, 4.69) is 23.9 Å². The van der Waals surface area contributed by atoms with E-state index in [1.54, 1.807) is 6.33 Å². The fraction of sp³-hybridized carbons (Fsp3) is 0.727. The molecule has 96 valence electrons. The SMILES string of the molecule is CC(C)Cn1ncnc1CN(C)CCC(=O)O. The monoisotopic (exact) mass is 240 g/mol. The molecule has 0 saturated heterocycles. The number of nitrogens with zero attached hydrogens (tertiary/aromatic N) is 4. The second kappa shape index (κ2) is 6.34. The Labute approximate surface area is 101 Å². The number of carboxylic acids is 1. The molecule has 0 aromatic carbocycles. The summed E-state index contributed by atoms with van der Waals surface area (Å²) in [4.78, 5) is 16.6. The lowest BCUT2D eigenvalue weighted by atomic mass is 10.2. The van der Waals surface area contributed by atoms with E-state index >= 15 is 0 Å². The fourth-order valence-electron chi connectivity index (χ4n) is 1.52. The average molecular weight is 240 g/mol. The van der Waals surface area contributed by atoms with Gasteiger partial charge in [0.1, 0.15) is 12.2 Å². The van der Waals surface area contributed by atoms with Crippen LogP contribution in [0.1, 0.15) is 26.1 Å². The zero-order valence-corrected chi connectivity index (χ0v) is 10.6. The van der Waals surface area contributed by atoms with Crippen LogP contribution in [0.2, 0.25) is 0 Å². The van der Waals surface area contributed by atoms with Gasteiger partial charge in [0.05, 0.1) is 13.0 Å². The van der Waals surface area contributed by atoms with Crippen LogP contribution in [-0.4, -0.2) is 44.3 Å². The van der Waals surface area contributed by atoms with E-state index in [4.69, 9.17) is 5.11 Å². The van der Waals surface area contributed by atoms with Gasteiger partial charge >= 0.3 is 5.97 Å². The Morgan fingerprint density at radius 2 is 2.29 bits per heavy atom. The van der Waals surface area contributed by atoms with Crippen LogP contribution in [0.25, 0.3) is 0 Å². The lowest BCUT2D eigenvalue weighted by molar-refractivity contribution is -0.137. The smallest absolute Gasteiger partial charge is 0.304 e. The van der Waals surface area contributed by atoms with Crippen molar-refractivity contribution in [2.45, 2.75) is 33.4 Å². The van der Waals surface area contributed by atoms with Gasteiger partial charge in [0, 0.05) is 13.1 Å². The molecule has 1 aromatic heterocycles. The Morgan fingerprint density at radius 1 is 1.59 bits per heavy atom. The van der Waals surface area contributed by atoms with Crippen LogP contribution in [0.15, 0.2) is 6.33 Å². The maximum Gasteiger partial charge on any atom is 0.304 e. The molecule has 0 aliphatic rings. The molecule has 0 aliphatic carbocycles. The van der Waals surface area contributed by atoms with E-state index in [0.29, 0.717) is 19.0 Å². The van der Waals surface area contributed by atoms with Crippen LogP contribution in [0.5, 0.6) is 0 Å². The molecule has 1 rings (SSSR count). The number of rotatable bonds is 7. The predicted octanol–water partition coefficient (Wildman–Crippen LogP) is 0.841. The minimum atomic E-state index is -0.777. The normalized spacial score (nSPS) is 11.4. The van der Waals surface area contributed by atoms with Crippen molar-refractivity contribution in [3.8, 4) is 0 Å². The standard InChI is InChI=1S/C11H20N4O2/c1-9(2)6-15-10(12-8-13-15)7-14(3)5-4-11(16)17/h8-9H,4-7H2,1-3H3,(H,16,17). The average Bonchev–Trinajstić information content (AvgIpc) is 2.62. The van der Waals surface area contributed by atoms with Crippen LogP contribution >= 0.6 is 0 Å². The van der Waals surface area contributed by atoms with Crippen molar-refractivity contribution in [2.24, 2.45) is 5.92 Å². The highest BCUT2D eigenvalue weighted by Crippen LogP contribution is 2.04. The van der Waals surface area contributed by atoms with Crippen molar-refractivity contribution in [1.82, 2.24) is 19.7 Å². The van der Waals surface area contributed by atoms with Crippen molar-refractivity contribution in [1.29, 1.82) is 0 Å². The van der Waals surface area contributed by atoms with Crippen LogP contribution in [0.3, 0.4) is 0 Å². The molecule has 1 N–H and O–H groups in total. The van der Waals surface area contributed by atoms with Gasteiger partial charge in [-0.05, 0) is 13.0 Å². The highest BCUT2D eigenvalue weighted by Gasteiger charge is 2.09. The summed E-state index contributed by atoms with van der Waals surface area (Å²) in [6.45, 7) is 6.23. The highest BCUT2D eigenvalue weighted by atomic mass is 16.4. The number of aromatic nitrogens is 3. The summed E-state index contributed by atoms with van der Waals surface area (Å²) < 4.78 is 1.88. The molecular weight excluding hydrogens is 220 g/mol. The van der Waals surface area contributed by atoms with Crippen molar-refractivity contribution < 1.29 is 9.90 Å². The van der Waals surface area contributed by atoms with E-state index in [9.17, 15) is 4.79 Å². The zero-order chi connectivity index (χ0) is 12.8. The van der Waals surface area contributed by atoms with E-state index in [0.717, 1.165) is 12.4 Å². The summed E-state index contributed by atoms with van der Waals surface area (Å²) in [5.74, 6) is 0.617. The molecular formula is C11H20N4O2. The van der Waals surface area contributed by atoms with Gasteiger partial charge in [-0.25, -0.2) is 9.67 Å². The lowest BCUT2D eigenvalue weighted by Gasteiger charge is -2.16. The van der Waals surface area contributed by atoms with E-state index in [1.807, 2.05) is 16.6 Å². The Hall–Kier alpha value is -1.43. The van der Waals surface area contributed by atoms with E-state index < -0.39 is 5.97 Å². The quantitative estimate of drug-likeness (QED) is 0.764. The highest BCUT2D eigenvalue weighted by molar-refractivity contribution is 5.66. The summed E-state index contributed by atoms with van der Waals surface area (Å²) in [5, 5.41) is 12.8. The summed E-state index contributed by atoms with van der Waals surface area (Å²) in [6, 6.07) is 0. The Balaban J connectivity index is 2.50. The number of hydrogen-bond donors (Lipinski definition) is 1. The Bertz CT molecular complexity index is 362. The number of carboxylic acid groups (broad SMARTS) is 1. The molecule has 0 saturated carbocycles. The Morgan fingerprint density at radius 3 is 2.88 bits per heavy atom. The zero-order valence-electron chi connectivity index (χ0n) is 10.6. The molecule has 6 heteroatoms. The lowest BCUT2D eigenvalue weighted by Crippen LogP contribution is -2.24. The third-order valence-corrected chi connectivity index (χ3v) is 2.35. The van der Waals surface area contributed by atoms with Gasteiger partial charge in [0.25, 0.3) is 0 Å². The summed E-state index contributed by atoms with van der Waals surface area (Å²) in [7, 11) is 1.89. The molecule has 0 bridgehead atoms. The molecule has 6 nitrogen and oxygen atoms in total. The van der Waals surface area contributed by atoms with Gasteiger partial charge in [-0.15, -0.1) is 0 Å². The van der Waals surface area contributed by atoms with Gasteiger partial charge in [-0.3, -0.25) is 9.69 Å². The molecule has 0 spiro atoms. The first-order chi connectivity index (χ1) is 7.99. The number of carbonyl (C=O) groups is 1. The first kappa shape index (κ1) is 13.6. The Kier molecular flexibility index (Phi) is 5.09. The second-order valence-electron chi connectivity index (χ2n) is 4.63. The third kappa shape index (κ3) is 4.95. The molecule has 0 unspecified atom stereocenters. The van der Waals surface area contributed by atoms with E-state index in [1.165, 1.54) is 0 Å². The number of aliphatic carboxylic acids is 1. The van der Waals surface area contributed by atoms with Crippen LogP contribution in [0.4, 0.5) is 0 Å². The molecule has 1 aromatic rings. The molecule has 0 fully saturated rings. The second-order valence-corrected chi connectivity index (χ2v) is 4.63. The summed E-state index contributed by atoms with van der Waals surface area (Å²) in [5.41, 5.74) is 0.